The maximum atomic E-state index is 11.2. The van der Waals surface area contributed by atoms with Crippen LogP contribution in [0.5, 0.6) is 0 Å². The van der Waals surface area contributed by atoms with Crippen LogP contribution in [0.1, 0.15) is 24.0 Å². The molecule has 1 amide bonds. The molecule has 0 aromatic heterocycles. The van der Waals surface area contributed by atoms with Gasteiger partial charge in [-0.25, -0.2) is 0 Å². The summed E-state index contributed by atoms with van der Waals surface area (Å²) in [6, 6.07) is 5.95. The molecule has 104 valence electrons. The smallest absolute Gasteiger partial charge is 0.243 e. The van der Waals surface area contributed by atoms with Crippen molar-refractivity contribution >= 4 is 23.1 Å². The molecule has 3 heteroatoms. The Balaban J connectivity index is 2.18. The van der Waals surface area contributed by atoms with E-state index < -0.39 is 0 Å². The van der Waals surface area contributed by atoms with Gasteiger partial charge in [-0.3, -0.25) is 4.79 Å². The first-order valence-electron chi connectivity index (χ1n) is 6.66. The lowest BCUT2D eigenvalue weighted by Gasteiger charge is -2.16. The summed E-state index contributed by atoms with van der Waals surface area (Å²) in [6.45, 7) is 6.07. The van der Waals surface area contributed by atoms with Crippen LogP contribution in [0.3, 0.4) is 0 Å². The molecule has 0 atom stereocenters. The van der Waals surface area contributed by atoms with Crippen molar-refractivity contribution < 1.29 is 4.79 Å². The molecule has 1 aromatic carbocycles. The van der Waals surface area contributed by atoms with Crippen LogP contribution in [-0.4, -0.2) is 12.5 Å². The van der Waals surface area contributed by atoms with E-state index in [2.05, 4.69) is 31.0 Å². The number of nitrogens with one attached hydrogen (secondary N) is 1. The van der Waals surface area contributed by atoms with Gasteiger partial charge in [-0.15, -0.1) is 0 Å². The molecule has 1 N–H and O–H groups in total. The summed E-state index contributed by atoms with van der Waals surface area (Å²) in [5.74, 6) is -0.148. The number of aryl methyl sites for hydroxylation is 1. The number of halogens is 1. The summed E-state index contributed by atoms with van der Waals surface area (Å²) in [6.07, 6.45) is 7.57. The number of amides is 1. The second-order valence-corrected chi connectivity index (χ2v) is 5.30. The zero-order chi connectivity index (χ0) is 14.5. The number of hydrogen-bond donors (Lipinski definition) is 1. The van der Waals surface area contributed by atoms with Crippen molar-refractivity contribution in [3.8, 4) is 0 Å². The van der Waals surface area contributed by atoms with E-state index in [1.807, 2.05) is 18.2 Å². The van der Waals surface area contributed by atoms with Gasteiger partial charge in [0.15, 0.2) is 0 Å². The molecule has 1 aliphatic rings. The highest BCUT2D eigenvalue weighted by atomic mass is 35.5. The Kier molecular flexibility index (Phi) is 4.80. The number of hydrogen-bond acceptors (Lipinski definition) is 1. The Hall–Kier alpha value is -1.80. The van der Waals surface area contributed by atoms with Gasteiger partial charge in [0.05, 0.1) is 0 Å². The first-order chi connectivity index (χ1) is 9.60. The summed E-state index contributed by atoms with van der Waals surface area (Å²) in [4.78, 5) is 11.2. The first-order valence-corrected chi connectivity index (χ1v) is 7.04. The van der Waals surface area contributed by atoms with E-state index in [1.165, 1.54) is 22.8 Å². The molecule has 20 heavy (non-hydrogen) atoms. The van der Waals surface area contributed by atoms with Crippen molar-refractivity contribution in [2.75, 3.05) is 6.54 Å². The Morgan fingerprint density at radius 1 is 1.50 bits per heavy atom. The quantitative estimate of drug-likeness (QED) is 0.832. The first kappa shape index (κ1) is 14.6. The molecule has 0 bridgehead atoms. The van der Waals surface area contributed by atoms with Gasteiger partial charge >= 0.3 is 0 Å². The lowest BCUT2D eigenvalue weighted by molar-refractivity contribution is -0.116. The van der Waals surface area contributed by atoms with E-state index >= 15 is 0 Å². The van der Waals surface area contributed by atoms with Crippen molar-refractivity contribution in [1.82, 2.24) is 5.32 Å². The molecule has 0 aliphatic heterocycles. The number of carbonyl (C=O) groups is 1. The largest absolute Gasteiger partial charge is 0.349 e. The third-order valence-corrected chi connectivity index (χ3v) is 3.61. The topological polar surface area (TPSA) is 29.1 Å². The van der Waals surface area contributed by atoms with Gasteiger partial charge in [-0.1, -0.05) is 36.4 Å². The molecule has 0 saturated carbocycles. The highest BCUT2D eigenvalue weighted by Gasteiger charge is 2.10. The van der Waals surface area contributed by atoms with E-state index in [-0.39, 0.29) is 5.91 Å². The normalized spacial score (nSPS) is 14.3. The highest BCUT2D eigenvalue weighted by molar-refractivity contribution is 6.30. The molecule has 0 fully saturated rings. The van der Waals surface area contributed by atoms with Crippen LogP contribution in [-0.2, 0) is 4.79 Å². The predicted molar refractivity (Wildman–Crippen MR) is 84.7 cm³/mol. The molecule has 0 heterocycles. The van der Waals surface area contributed by atoms with Crippen LogP contribution < -0.4 is 5.32 Å². The maximum Gasteiger partial charge on any atom is 0.243 e. The Bertz CT molecular complexity index is 599. The van der Waals surface area contributed by atoms with Crippen molar-refractivity contribution in [3.05, 3.63) is 64.7 Å². The monoisotopic (exact) mass is 287 g/mol. The van der Waals surface area contributed by atoms with E-state index in [0.717, 1.165) is 23.4 Å². The van der Waals surface area contributed by atoms with Gasteiger partial charge in [0.25, 0.3) is 0 Å². The zero-order valence-corrected chi connectivity index (χ0v) is 12.3. The minimum atomic E-state index is -0.148. The zero-order valence-electron chi connectivity index (χ0n) is 11.6. The van der Waals surface area contributed by atoms with E-state index in [4.69, 9.17) is 11.6 Å². The van der Waals surface area contributed by atoms with Crippen molar-refractivity contribution in [3.63, 3.8) is 0 Å². The standard InChI is InChI=1S/C17H18ClNO/c1-3-17(20)19-11-13-5-4-6-14(9-13)16-10-15(18)8-7-12(16)2/h3,5,7-10H,1,4,6,11H2,2H3,(H,19,20). The summed E-state index contributed by atoms with van der Waals surface area (Å²) >= 11 is 6.08. The number of carbonyl (C=O) groups excluding carboxylic acids is 1. The van der Waals surface area contributed by atoms with E-state index in [9.17, 15) is 4.79 Å². The second-order valence-electron chi connectivity index (χ2n) is 4.87. The third kappa shape index (κ3) is 3.61. The van der Waals surface area contributed by atoms with Crippen molar-refractivity contribution in [2.45, 2.75) is 19.8 Å². The van der Waals surface area contributed by atoms with Crippen molar-refractivity contribution in [1.29, 1.82) is 0 Å². The van der Waals surface area contributed by atoms with Gasteiger partial charge in [0.2, 0.25) is 5.91 Å². The summed E-state index contributed by atoms with van der Waals surface area (Å²) in [5.41, 5.74) is 4.81. The Morgan fingerprint density at radius 3 is 3.05 bits per heavy atom. The molecule has 2 nitrogen and oxygen atoms in total. The fraction of sp³-hybridized carbons (Fsp3) is 0.235. The van der Waals surface area contributed by atoms with Crippen LogP contribution in [0.25, 0.3) is 5.57 Å². The SMILES string of the molecule is C=CC(=O)NCC1=CCCC(c2cc(Cl)ccc2C)=C1. The fourth-order valence-corrected chi connectivity index (χ4v) is 2.48. The molecule has 0 saturated heterocycles. The second kappa shape index (κ2) is 6.58. The van der Waals surface area contributed by atoms with E-state index in [1.54, 1.807) is 0 Å². The van der Waals surface area contributed by atoms with Crippen LogP contribution in [0.2, 0.25) is 5.02 Å². The molecule has 1 aromatic rings. The predicted octanol–water partition coefficient (Wildman–Crippen LogP) is 4.05. The van der Waals surface area contributed by atoms with Gasteiger partial charge < -0.3 is 5.32 Å². The fourth-order valence-electron chi connectivity index (χ4n) is 2.31. The average molecular weight is 288 g/mol. The lowest BCUT2D eigenvalue weighted by atomic mass is 9.91. The third-order valence-electron chi connectivity index (χ3n) is 3.38. The van der Waals surface area contributed by atoms with Gasteiger partial charge in [-0.05, 0) is 60.2 Å². The summed E-state index contributed by atoms with van der Waals surface area (Å²) in [7, 11) is 0. The van der Waals surface area contributed by atoms with Crippen LogP contribution in [0.15, 0.2) is 48.6 Å². The number of rotatable bonds is 4. The molecule has 2 rings (SSSR count). The van der Waals surface area contributed by atoms with Gasteiger partial charge in [-0.2, -0.15) is 0 Å². The van der Waals surface area contributed by atoms with Crippen LogP contribution in [0.4, 0.5) is 0 Å². The van der Waals surface area contributed by atoms with Gasteiger partial charge in [0, 0.05) is 11.6 Å². The Labute approximate surface area is 124 Å². The number of allylic oxidation sites excluding steroid dienone is 2. The van der Waals surface area contributed by atoms with Crippen LogP contribution in [0, 0.1) is 6.92 Å². The molecular weight excluding hydrogens is 270 g/mol. The number of benzene rings is 1. The van der Waals surface area contributed by atoms with Gasteiger partial charge in [0.1, 0.15) is 0 Å². The minimum Gasteiger partial charge on any atom is -0.349 e. The molecule has 1 aliphatic carbocycles. The maximum absolute atomic E-state index is 11.2. The average Bonchev–Trinajstić information content (AvgIpc) is 2.47. The Morgan fingerprint density at radius 2 is 2.30 bits per heavy atom. The van der Waals surface area contributed by atoms with Crippen LogP contribution >= 0.6 is 11.6 Å². The molecule has 0 radical (unpaired) electrons. The molecule has 0 spiro atoms. The summed E-state index contributed by atoms with van der Waals surface area (Å²) < 4.78 is 0. The molecule has 0 unspecified atom stereocenters. The lowest BCUT2D eigenvalue weighted by Crippen LogP contribution is -2.23. The highest BCUT2D eigenvalue weighted by Crippen LogP contribution is 2.30. The van der Waals surface area contributed by atoms with Crippen molar-refractivity contribution in [2.24, 2.45) is 0 Å². The summed E-state index contributed by atoms with van der Waals surface area (Å²) in [5, 5.41) is 3.56. The molecular formula is C17H18ClNO. The van der Waals surface area contributed by atoms with E-state index in [0.29, 0.717) is 6.54 Å². The minimum absolute atomic E-state index is 0.148.